The zero-order valence-corrected chi connectivity index (χ0v) is 19.0. The van der Waals surface area contributed by atoms with E-state index in [0.717, 1.165) is 36.3 Å². The molecule has 32 heavy (non-hydrogen) atoms. The number of sulfonamides is 1. The van der Waals surface area contributed by atoms with Gasteiger partial charge in [-0.05, 0) is 62.1 Å². The second-order valence-electron chi connectivity index (χ2n) is 8.37. The number of nitrogens with zero attached hydrogens (tertiary/aromatic N) is 1. The van der Waals surface area contributed by atoms with Crippen molar-refractivity contribution in [2.45, 2.75) is 31.2 Å². The zero-order chi connectivity index (χ0) is 22.6. The monoisotopic (exact) mass is 459 g/mol. The van der Waals surface area contributed by atoms with Crippen molar-refractivity contribution in [3.63, 3.8) is 0 Å². The Hall–Kier alpha value is -2.62. The lowest BCUT2D eigenvalue weighted by atomic mass is 9.98. The Kier molecular flexibility index (Phi) is 6.98. The number of hydrogen-bond donors (Lipinski definition) is 2. The van der Waals surface area contributed by atoms with Gasteiger partial charge in [0.15, 0.2) is 11.5 Å². The maximum Gasteiger partial charge on any atom is 0.240 e. The number of piperidine rings is 1. The molecule has 4 rings (SSSR count). The van der Waals surface area contributed by atoms with Crippen LogP contribution in [-0.2, 0) is 21.4 Å². The first-order valence-corrected chi connectivity index (χ1v) is 12.3. The molecule has 2 aromatic carbocycles. The Morgan fingerprint density at radius 2 is 1.91 bits per heavy atom. The number of carbonyl (C=O) groups is 1. The minimum absolute atomic E-state index is 0.0523. The number of amides is 1. The highest BCUT2D eigenvalue weighted by atomic mass is 32.2. The van der Waals surface area contributed by atoms with Crippen LogP contribution in [0.3, 0.4) is 0 Å². The van der Waals surface area contributed by atoms with Gasteiger partial charge in [0.25, 0.3) is 0 Å². The second kappa shape index (κ2) is 9.89. The molecular formula is C23H29N3O5S. The topological polar surface area (TPSA) is 97.0 Å². The molecule has 1 atom stereocenters. The Morgan fingerprint density at radius 1 is 1.12 bits per heavy atom. The van der Waals surface area contributed by atoms with E-state index in [9.17, 15) is 13.2 Å². The summed E-state index contributed by atoms with van der Waals surface area (Å²) in [5, 5.41) is 2.95. The van der Waals surface area contributed by atoms with E-state index >= 15 is 0 Å². The first kappa shape index (κ1) is 22.6. The Labute approximate surface area is 189 Å². The van der Waals surface area contributed by atoms with Gasteiger partial charge in [-0.3, -0.25) is 9.69 Å². The Morgan fingerprint density at radius 3 is 2.72 bits per heavy atom. The highest BCUT2D eigenvalue weighted by Crippen LogP contribution is 2.32. The van der Waals surface area contributed by atoms with Crippen LogP contribution in [0.2, 0.25) is 0 Å². The van der Waals surface area contributed by atoms with Gasteiger partial charge in [0.2, 0.25) is 22.7 Å². The molecule has 0 saturated carbocycles. The van der Waals surface area contributed by atoms with Gasteiger partial charge in [-0.1, -0.05) is 23.8 Å². The van der Waals surface area contributed by atoms with E-state index < -0.39 is 10.0 Å². The zero-order valence-electron chi connectivity index (χ0n) is 18.2. The van der Waals surface area contributed by atoms with Gasteiger partial charge in [-0.2, -0.15) is 0 Å². The van der Waals surface area contributed by atoms with Crippen LogP contribution in [0.5, 0.6) is 11.5 Å². The minimum atomic E-state index is -3.53. The number of likely N-dealkylation sites (tertiary alicyclic amines) is 1. The molecule has 8 nitrogen and oxygen atoms in total. The molecule has 2 N–H and O–H groups in total. The molecule has 1 amide bonds. The quantitative estimate of drug-likeness (QED) is 0.627. The smallest absolute Gasteiger partial charge is 0.240 e. The van der Waals surface area contributed by atoms with Crippen molar-refractivity contribution in [2.75, 3.05) is 33.0 Å². The van der Waals surface area contributed by atoms with Gasteiger partial charge in [-0.15, -0.1) is 0 Å². The lowest BCUT2D eigenvalue weighted by Gasteiger charge is -2.32. The van der Waals surface area contributed by atoms with Crippen molar-refractivity contribution in [3.8, 4) is 11.5 Å². The summed E-state index contributed by atoms with van der Waals surface area (Å²) in [7, 11) is -3.53. The number of hydrogen-bond acceptors (Lipinski definition) is 6. The van der Waals surface area contributed by atoms with Crippen molar-refractivity contribution in [1.82, 2.24) is 14.9 Å². The lowest BCUT2D eigenvalue weighted by Crippen LogP contribution is -2.45. The number of nitrogens with one attached hydrogen (secondary N) is 2. The van der Waals surface area contributed by atoms with E-state index in [1.54, 1.807) is 24.3 Å². The van der Waals surface area contributed by atoms with Crippen molar-refractivity contribution in [3.05, 3.63) is 53.6 Å². The van der Waals surface area contributed by atoms with Crippen molar-refractivity contribution < 1.29 is 22.7 Å². The lowest BCUT2D eigenvalue weighted by molar-refractivity contribution is -0.122. The van der Waals surface area contributed by atoms with Crippen molar-refractivity contribution >= 4 is 15.9 Å². The van der Waals surface area contributed by atoms with Gasteiger partial charge >= 0.3 is 0 Å². The minimum Gasteiger partial charge on any atom is -0.454 e. The molecular weight excluding hydrogens is 430 g/mol. The van der Waals surface area contributed by atoms with Gasteiger partial charge in [-0.25, -0.2) is 13.1 Å². The van der Waals surface area contributed by atoms with E-state index in [1.807, 2.05) is 25.1 Å². The molecule has 0 aliphatic carbocycles. The molecule has 0 aromatic heterocycles. The van der Waals surface area contributed by atoms with Crippen LogP contribution in [0.4, 0.5) is 0 Å². The predicted octanol–water partition coefficient (Wildman–Crippen LogP) is 2.03. The molecule has 0 spiro atoms. The fourth-order valence-corrected chi connectivity index (χ4v) is 5.12. The van der Waals surface area contributed by atoms with Gasteiger partial charge < -0.3 is 14.8 Å². The molecule has 1 unspecified atom stereocenters. The Balaban J connectivity index is 1.23. The Bertz CT molecular complexity index is 1060. The highest BCUT2D eigenvalue weighted by molar-refractivity contribution is 7.89. The number of rotatable bonds is 8. The van der Waals surface area contributed by atoms with Crippen LogP contribution in [0, 0.1) is 12.8 Å². The van der Waals surface area contributed by atoms with E-state index in [0.29, 0.717) is 31.9 Å². The molecule has 2 aromatic rings. The molecule has 2 heterocycles. The maximum atomic E-state index is 12.5. The molecule has 2 aliphatic heterocycles. The summed E-state index contributed by atoms with van der Waals surface area (Å²) in [5.41, 5.74) is 1.97. The molecule has 1 fully saturated rings. The predicted molar refractivity (Wildman–Crippen MR) is 120 cm³/mol. The van der Waals surface area contributed by atoms with E-state index in [-0.39, 0.29) is 23.5 Å². The molecule has 1 saturated heterocycles. The van der Waals surface area contributed by atoms with Crippen LogP contribution in [0.1, 0.15) is 24.0 Å². The third kappa shape index (κ3) is 5.79. The summed E-state index contributed by atoms with van der Waals surface area (Å²) in [6, 6.07) is 12.4. The highest BCUT2D eigenvalue weighted by Gasteiger charge is 2.24. The van der Waals surface area contributed by atoms with E-state index in [1.165, 1.54) is 0 Å². The van der Waals surface area contributed by atoms with E-state index in [4.69, 9.17) is 9.47 Å². The molecule has 0 bridgehead atoms. The van der Waals surface area contributed by atoms with Crippen molar-refractivity contribution in [2.24, 2.45) is 5.92 Å². The number of ether oxygens (including phenoxy) is 2. The van der Waals surface area contributed by atoms with Gasteiger partial charge in [0, 0.05) is 19.6 Å². The van der Waals surface area contributed by atoms with Crippen LogP contribution in [0.15, 0.2) is 47.4 Å². The first-order chi connectivity index (χ1) is 15.4. The fourth-order valence-electron chi connectivity index (χ4n) is 4.00. The van der Waals surface area contributed by atoms with Crippen LogP contribution in [0.25, 0.3) is 0 Å². The molecule has 172 valence electrons. The van der Waals surface area contributed by atoms with Gasteiger partial charge in [0.05, 0.1) is 11.4 Å². The molecule has 0 radical (unpaired) electrons. The number of benzene rings is 2. The van der Waals surface area contributed by atoms with Crippen LogP contribution < -0.4 is 19.5 Å². The summed E-state index contributed by atoms with van der Waals surface area (Å²) in [6.07, 6.45) is 1.87. The second-order valence-corrected chi connectivity index (χ2v) is 10.1. The SMILES string of the molecule is Cc1ccc(S(=O)(=O)NCC2CCCN(CC(=O)NCc3ccc4c(c3)OCO4)C2)cc1. The average molecular weight is 460 g/mol. The first-order valence-electron chi connectivity index (χ1n) is 10.8. The number of carbonyl (C=O) groups excluding carboxylic acids is 1. The maximum absolute atomic E-state index is 12.5. The summed E-state index contributed by atoms with van der Waals surface area (Å²) >= 11 is 0. The molecule has 2 aliphatic rings. The van der Waals surface area contributed by atoms with Crippen LogP contribution >= 0.6 is 0 Å². The number of fused-ring (bicyclic) bond motifs is 1. The third-order valence-corrected chi connectivity index (χ3v) is 7.23. The third-order valence-electron chi connectivity index (χ3n) is 5.79. The van der Waals surface area contributed by atoms with E-state index in [2.05, 4.69) is 14.9 Å². The standard InChI is InChI=1S/C23H29N3O5S/c1-17-4-7-20(8-5-17)32(28,29)25-13-19-3-2-10-26(14-19)15-23(27)24-12-18-6-9-21-22(11-18)31-16-30-21/h4-9,11,19,25H,2-3,10,12-16H2,1H3,(H,24,27). The molecule has 9 heteroatoms. The van der Waals surface area contributed by atoms with Crippen LogP contribution in [-0.4, -0.2) is 52.2 Å². The largest absolute Gasteiger partial charge is 0.454 e. The normalized spacial score (nSPS) is 18.5. The average Bonchev–Trinajstić information content (AvgIpc) is 3.25. The fraction of sp³-hybridized carbons (Fsp3) is 0.435. The summed E-state index contributed by atoms with van der Waals surface area (Å²) < 4.78 is 38.5. The van der Waals surface area contributed by atoms with Gasteiger partial charge in [0.1, 0.15) is 0 Å². The summed E-state index contributed by atoms with van der Waals surface area (Å²) in [5.74, 6) is 1.54. The number of aryl methyl sites for hydroxylation is 1. The van der Waals surface area contributed by atoms with Crippen molar-refractivity contribution in [1.29, 1.82) is 0 Å². The summed E-state index contributed by atoms with van der Waals surface area (Å²) in [6.45, 7) is 4.75. The summed E-state index contributed by atoms with van der Waals surface area (Å²) in [4.78, 5) is 14.8.